The standard InChI is InChI=1S/C15H14Cl2N2O4S/c1-23-13-7-6-10(16)8-14(13)24(21,22)18-9-15(20)19-12-5-3-2-4-11(12)17/h2-8,18H,9H2,1H3,(H,19,20). The van der Waals surface area contributed by atoms with E-state index in [9.17, 15) is 13.2 Å². The Morgan fingerprint density at radius 1 is 1.17 bits per heavy atom. The van der Waals surface area contributed by atoms with Crippen molar-refractivity contribution in [2.45, 2.75) is 4.90 Å². The predicted molar refractivity (Wildman–Crippen MR) is 93.3 cm³/mol. The number of ether oxygens (including phenoxy) is 1. The summed E-state index contributed by atoms with van der Waals surface area (Å²) in [5.41, 5.74) is 0.392. The first-order valence-electron chi connectivity index (χ1n) is 6.71. The van der Waals surface area contributed by atoms with Crippen molar-refractivity contribution in [2.24, 2.45) is 0 Å². The predicted octanol–water partition coefficient (Wildman–Crippen LogP) is 2.92. The molecule has 0 spiro atoms. The molecule has 1 amide bonds. The van der Waals surface area contributed by atoms with Gasteiger partial charge in [-0.3, -0.25) is 4.79 Å². The van der Waals surface area contributed by atoms with E-state index < -0.39 is 22.5 Å². The largest absolute Gasteiger partial charge is 0.495 e. The molecule has 6 nitrogen and oxygen atoms in total. The van der Waals surface area contributed by atoms with Crippen molar-refractivity contribution in [3.63, 3.8) is 0 Å². The second-order valence-corrected chi connectivity index (χ2v) is 7.23. The average molecular weight is 389 g/mol. The lowest BCUT2D eigenvalue weighted by molar-refractivity contribution is -0.115. The Hall–Kier alpha value is -1.80. The molecule has 2 rings (SSSR count). The third-order valence-corrected chi connectivity index (χ3v) is 4.97. The number of amides is 1. The van der Waals surface area contributed by atoms with Crippen LogP contribution in [-0.4, -0.2) is 28.0 Å². The quantitative estimate of drug-likeness (QED) is 0.796. The van der Waals surface area contributed by atoms with Crippen LogP contribution < -0.4 is 14.8 Å². The number of sulfonamides is 1. The number of carbonyl (C=O) groups is 1. The monoisotopic (exact) mass is 388 g/mol. The molecule has 9 heteroatoms. The molecule has 0 saturated carbocycles. The molecular formula is C15H14Cl2N2O4S. The van der Waals surface area contributed by atoms with Crippen LogP contribution >= 0.6 is 23.2 Å². The third-order valence-electron chi connectivity index (χ3n) is 2.99. The van der Waals surface area contributed by atoms with Crippen LogP contribution in [0.5, 0.6) is 5.75 Å². The number of benzene rings is 2. The normalized spacial score (nSPS) is 11.1. The third kappa shape index (κ3) is 4.61. The van der Waals surface area contributed by atoms with E-state index in [-0.39, 0.29) is 15.7 Å². The van der Waals surface area contributed by atoms with E-state index in [4.69, 9.17) is 27.9 Å². The smallest absolute Gasteiger partial charge is 0.244 e. The molecule has 2 aromatic rings. The van der Waals surface area contributed by atoms with Crippen molar-refractivity contribution in [3.8, 4) is 5.75 Å². The van der Waals surface area contributed by atoms with Crippen LogP contribution in [0.15, 0.2) is 47.4 Å². The average Bonchev–Trinajstić information content (AvgIpc) is 2.55. The molecule has 128 valence electrons. The molecule has 0 aromatic heterocycles. The molecule has 0 saturated heterocycles. The number of hydrogen-bond donors (Lipinski definition) is 2. The zero-order chi connectivity index (χ0) is 17.7. The number of nitrogens with one attached hydrogen (secondary N) is 2. The van der Waals surface area contributed by atoms with Crippen molar-refractivity contribution in [3.05, 3.63) is 52.5 Å². The summed E-state index contributed by atoms with van der Waals surface area (Å²) < 4.78 is 31.9. The van der Waals surface area contributed by atoms with Gasteiger partial charge in [-0.2, -0.15) is 0 Å². The van der Waals surface area contributed by atoms with Crippen molar-refractivity contribution in [1.82, 2.24) is 4.72 Å². The first kappa shape index (κ1) is 18.5. The van der Waals surface area contributed by atoms with Gasteiger partial charge in [0.15, 0.2) is 0 Å². The van der Waals surface area contributed by atoms with Crippen molar-refractivity contribution in [1.29, 1.82) is 0 Å². The van der Waals surface area contributed by atoms with E-state index >= 15 is 0 Å². The molecule has 0 heterocycles. The van der Waals surface area contributed by atoms with Gasteiger partial charge >= 0.3 is 0 Å². The summed E-state index contributed by atoms with van der Waals surface area (Å²) in [5, 5.41) is 3.10. The molecular weight excluding hydrogens is 375 g/mol. The van der Waals surface area contributed by atoms with Gasteiger partial charge < -0.3 is 10.1 Å². The first-order valence-corrected chi connectivity index (χ1v) is 8.95. The number of rotatable bonds is 6. The van der Waals surface area contributed by atoms with Gasteiger partial charge in [0.1, 0.15) is 10.6 Å². The lowest BCUT2D eigenvalue weighted by atomic mass is 10.3. The molecule has 0 fully saturated rings. The van der Waals surface area contributed by atoms with Gasteiger partial charge in [-0.25, -0.2) is 13.1 Å². The fourth-order valence-electron chi connectivity index (χ4n) is 1.86. The fourth-order valence-corrected chi connectivity index (χ4v) is 3.45. The number of halogens is 2. The minimum Gasteiger partial charge on any atom is -0.495 e. The number of para-hydroxylation sites is 1. The fraction of sp³-hybridized carbons (Fsp3) is 0.133. The van der Waals surface area contributed by atoms with Gasteiger partial charge in [0.2, 0.25) is 15.9 Å². The van der Waals surface area contributed by atoms with Gasteiger partial charge in [0.05, 0.1) is 24.4 Å². The summed E-state index contributed by atoms with van der Waals surface area (Å²) in [7, 11) is -2.64. The first-order chi connectivity index (χ1) is 11.3. The highest BCUT2D eigenvalue weighted by Gasteiger charge is 2.21. The zero-order valence-corrected chi connectivity index (χ0v) is 14.9. The molecule has 24 heavy (non-hydrogen) atoms. The van der Waals surface area contributed by atoms with E-state index in [2.05, 4.69) is 10.0 Å². The summed E-state index contributed by atoms with van der Waals surface area (Å²) in [6.07, 6.45) is 0. The van der Waals surface area contributed by atoms with Crippen LogP contribution in [-0.2, 0) is 14.8 Å². The molecule has 0 atom stereocenters. The maximum absolute atomic E-state index is 12.3. The summed E-state index contributed by atoms with van der Waals surface area (Å²) in [5.74, 6) is -0.439. The van der Waals surface area contributed by atoms with Crippen molar-refractivity contribution < 1.29 is 17.9 Å². The van der Waals surface area contributed by atoms with Crippen LogP contribution in [0.25, 0.3) is 0 Å². The van der Waals surface area contributed by atoms with Crippen LogP contribution in [0.1, 0.15) is 0 Å². The Bertz CT molecular complexity index is 856. The maximum Gasteiger partial charge on any atom is 0.244 e. The second kappa shape index (κ2) is 7.85. The number of anilines is 1. The molecule has 0 aliphatic carbocycles. The molecule has 0 aliphatic rings. The molecule has 0 radical (unpaired) electrons. The van der Waals surface area contributed by atoms with Gasteiger partial charge in [-0.1, -0.05) is 35.3 Å². The van der Waals surface area contributed by atoms with Gasteiger partial charge in [0, 0.05) is 5.02 Å². The Labute approximate surface area is 149 Å². The summed E-state index contributed by atoms with van der Waals surface area (Å²) in [6.45, 7) is -0.469. The number of hydrogen-bond acceptors (Lipinski definition) is 4. The summed E-state index contributed by atoms with van der Waals surface area (Å²) in [6, 6.07) is 10.8. The van der Waals surface area contributed by atoms with E-state index in [0.29, 0.717) is 10.7 Å². The minimum atomic E-state index is -3.98. The van der Waals surface area contributed by atoms with Crippen LogP contribution in [0.4, 0.5) is 5.69 Å². The van der Waals surface area contributed by atoms with E-state index in [1.54, 1.807) is 24.3 Å². The van der Waals surface area contributed by atoms with Gasteiger partial charge in [0.25, 0.3) is 0 Å². The van der Waals surface area contributed by atoms with Crippen molar-refractivity contribution in [2.75, 3.05) is 19.0 Å². The zero-order valence-electron chi connectivity index (χ0n) is 12.5. The summed E-state index contributed by atoms with van der Waals surface area (Å²) >= 11 is 11.8. The Morgan fingerprint density at radius 3 is 2.54 bits per heavy atom. The van der Waals surface area contributed by atoms with Crippen molar-refractivity contribution >= 4 is 44.8 Å². The highest BCUT2D eigenvalue weighted by molar-refractivity contribution is 7.89. The highest BCUT2D eigenvalue weighted by Crippen LogP contribution is 2.26. The Morgan fingerprint density at radius 2 is 1.88 bits per heavy atom. The van der Waals surface area contributed by atoms with Crippen LogP contribution in [0, 0.1) is 0 Å². The number of carbonyl (C=O) groups excluding carboxylic acids is 1. The van der Waals surface area contributed by atoms with Gasteiger partial charge in [-0.15, -0.1) is 0 Å². The Balaban J connectivity index is 2.09. The topological polar surface area (TPSA) is 84.5 Å². The second-order valence-electron chi connectivity index (χ2n) is 4.65. The lowest BCUT2D eigenvalue weighted by Gasteiger charge is -2.11. The Kier molecular flexibility index (Phi) is 6.06. The van der Waals surface area contributed by atoms with Crippen LogP contribution in [0.3, 0.4) is 0 Å². The lowest BCUT2D eigenvalue weighted by Crippen LogP contribution is -2.33. The molecule has 2 N–H and O–H groups in total. The minimum absolute atomic E-state index is 0.124. The van der Waals surface area contributed by atoms with Crippen LogP contribution in [0.2, 0.25) is 10.0 Å². The molecule has 2 aromatic carbocycles. The molecule has 0 bridgehead atoms. The van der Waals surface area contributed by atoms with Gasteiger partial charge in [-0.05, 0) is 30.3 Å². The van der Waals surface area contributed by atoms with E-state index in [1.165, 1.54) is 25.3 Å². The van der Waals surface area contributed by atoms with E-state index in [0.717, 1.165) is 0 Å². The molecule has 0 aliphatic heterocycles. The molecule has 0 unspecified atom stereocenters. The SMILES string of the molecule is COc1ccc(Cl)cc1S(=O)(=O)NCC(=O)Nc1ccccc1Cl. The number of methoxy groups -OCH3 is 1. The highest BCUT2D eigenvalue weighted by atomic mass is 35.5. The summed E-state index contributed by atoms with van der Waals surface area (Å²) in [4.78, 5) is 11.8. The van der Waals surface area contributed by atoms with E-state index in [1.807, 2.05) is 0 Å². The maximum atomic E-state index is 12.3.